The molecule has 1 heterocycles. The zero-order valence-electron chi connectivity index (χ0n) is 15.3. The molecule has 2 unspecified atom stereocenters. The molecule has 3 N–H and O–H groups in total. The van der Waals surface area contributed by atoms with Gasteiger partial charge >= 0.3 is 0 Å². The molecule has 0 bridgehead atoms. The van der Waals surface area contributed by atoms with Crippen molar-refractivity contribution < 1.29 is 5.11 Å². The molecule has 1 saturated carbocycles. The molecular weight excluding hydrogens is 415 g/mol. The lowest BCUT2D eigenvalue weighted by atomic mass is 10.0. The number of piperidine rings is 1. The summed E-state index contributed by atoms with van der Waals surface area (Å²) in [5.74, 6) is 1.24. The zero-order valence-corrected chi connectivity index (χ0v) is 17.6. The predicted molar refractivity (Wildman–Crippen MR) is 112 cm³/mol. The number of rotatable bonds is 6. The van der Waals surface area contributed by atoms with E-state index in [1.807, 2.05) is 0 Å². The molecule has 2 aliphatic rings. The van der Waals surface area contributed by atoms with Gasteiger partial charge in [-0.1, -0.05) is 18.6 Å². The van der Waals surface area contributed by atoms with Crippen molar-refractivity contribution in [3.05, 3.63) is 12.2 Å². The number of hydrogen-bond donors (Lipinski definition) is 3. The Kier molecular flexibility index (Phi) is 10.2. The highest BCUT2D eigenvalue weighted by molar-refractivity contribution is 14.0. The molecule has 2 fully saturated rings. The van der Waals surface area contributed by atoms with E-state index in [0.717, 1.165) is 70.8 Å². The number of hydrogen-bond acceptors (Lipinski definition) is 3. The fraction of sp³-hybridized carbons (Fsp3) is 0.833. The molecule has 5 nitrogen and oxygen atoms in total. The first-order chi connectivity index (χ1) is 11.1. The standard InChI is InChI=1S/C18H34N4O.HI/c1-4-19-18(20-12-15-6-5-7-17(15)23)21-16-8-10-22(11-9-16)13-14(2)3;/h15-17,23H,2,4-13H2,1,3H3,(H2,19,20,21);1H. The van der Waals surface area contributed by atoms with E-state index in [1.54, 1.807) is 0 Å². The summed E-state index contributed by atoms with van der Waals surface area (Å²) in [4.78, 5) is 7.19. The smallest absolute Gasteiger partial charge is 0.191 e. The van der Waals surface area contributed by atoms with Crippen LogP contribution in [0.2, 0.25) is 0 Å². The van der Waals surface area contributed by atoms with E-state index < -0.39 is 0 Å². The van der Waals surface area contributed by atoms with Gasteiger partial charge in [-0.3, -0.25) is 9.89 Å². The van der Waals surface area contributed by atoms with E-state index in [1.165, 1.54) is 5.57 Å². The normalized spacial score (nSPS) is 26.0. The highest BCUT2D eigenvalue weighted by atomic mass is 127. The lowest BCUT2D eigenvalue weighted by Gasteiger charge is -2.33. The van der Waals surface area contributed by atoms with Crippen LogP contribution in [0.1, 0.15) is 46.0 Å². The van der Waals surface area contributed by atoms with Crippen molar-refractivity contribution in [1.29, 1.82) is 0 Å². The van der Waals surface area contributed by atoms with Gasteiger partial charge in [-0.05, 0) is 39.5 Å². The largest absolute Gasteiger partial charge is 0.393 e. The molecule has 140 valence electrons. The van der Waals surface area contributed by atoms with Gasteiger partial charge in [0.2, 0.25) is 0 Å². The SMILES string of the molecule is C=C(C)CN1CCC(NC(=NCC2CCCC2O)NCC)CC1.I. The molecule has 2 rings (SSSR count). The van der Waals surface area contributed by atoms with E-state index in [-0.39, 0.29) is 30.1 Å². The number of aliphatic imine (C=N–C) groups is 1. The van der Waals surface area contributed by atoms with Gasteiger partial charge in [0, 0.05) is 44.7 Å². The molecule has 1 aliphatic carbocycles. The third-order valence-corrected chi connectivity index (χ3v) is 4.87. The number of nitrogens with zero attached hydrogens (tertiary/aromatic N) is 2. The third kappa shape index (κ3) is 7.27. The summed E-state index contributed by atoms with van der Waals surface area (Å²) < 4.78 is 0. The highest BCUT2D eigenvalue weighted by Crippen LogP contribution is 2.25. The quantitative estimate of drug-likeness (QED) is 0.252. The Morgan fingerprint density at radius 2 is 1.96 bits per heavy atom. The molecule has 6 heteroatoms. The van der Waals surface area contributed by atoms with Gasteiger partial charge in [-0.15, -0.1) is 24.0 Å². The van der Waals surface area contributed by atoms with Crippen molar-refractivity contribution in [2.24, 2.45) is 10.9 Å². The first-order valence-corrected chi connectivity index (χ1v) is 9.18. The van der Waals surface area contributed by atoms with E-state index in [4.69, 9.17) is 4.99 Å². The van der Waals surface area contributed by atoms with E-state index in [0.29, 0.717) is 12.0 Å². The molecule has 24 heavy (non-hydrogen) atoms. The Bertz CT molecular complexity index is 408. The number of guanidine groups is 1. The third-order valence-electron chi connectivity index (χ3n) is 4.87. The first-order valence-electron chi connectivity index (χ1n) is 9.18. The second-order valence-corrected chi connectivity index (χ2v) is 7.13. The van der Waals surface area contributed by atoms with Crippen molar-refractivity contribution in [2.75, 3.05) is 32.7 Å². The van der Waals surface area contributed by atoms with Gasteiger partial charge in [0.25, 0.3) is 0 Å². The second-order valence-electron chi connectivity index (χ2n) is 7.13. The van der Waals surface area contributed by atoms with Crippen LogP contribution in [0.3, 0.4) is 0 Å². The number of likely N-dealkylation sites (tertiary alicyclic amines) is 1. The van der Waals surface area contributed by atoms with Crippen molar-refractivity contribution in [3.8, 4) is 0 Å². The summed E-state index contributed by atoms with van der Waals surface area (Å²) in [6.07, 6.45) is 5.29. The Balaban J connectivity index is 0.00000288. The predicted octanol–water partition coefficient (Wildman–Crippen LogP) is 2.36. The van der Waals surface area contributed by atoms with E-state index >= 15 is 0 Å². The monoisotopic (exact) mass is 450 g/mol. The van der Waals surface area contributed by atoms with Crippen LogP contribution in [0.25, 0.3) is 0 Å². The van der Waals surface area contributed by atoms with Gasteiger partial charge in [-0.2, -0.15) is 0 Å². The van der Waals surface area contributed by atoms with E-state index in [2.05, 4.69) is 36.0 Å². The molecular formula is C18H35IN4O. The number of halogens is 1. The van der Waals surface area contributed by atoms with Crippen LogP contribution in [0, 0.1) is 5.92 Å². The van der Waals surface area contributed by atoms with Crippen LogP contribution in [0.5, 0.6) is 0 Å². The summed E-state index contributed by atoms with van der Waals surface area (Å²) >= 11 is 0. The van der Waals surface area contributed by atoms with Gasteiger partial charge in [-0.25, -0.2) is 0 Å². The lowest BCUT2D eigenvalue weighted by molar-refractivity contribution is 0.136. The molecule has 1 aliphatic heterocycles. The molecule has 0 radical (unpaired) electrons. The molecule has 0 aromatic carbocycles. The van der Waals surface area contributed by atoms with Crippen LogP contribution in [0.15, 0.2) is 17.1 Å². The Morgan fingerprint density at radius 3 is 2.50 bits per heavy atom. The van der Waals surface area contributed by atoms with Crippen LogP contribution >= 0.6 is 24.0 Å². The maximum atomic E-state index is 9.93. The molecule has 0 aromatic heterocycles. The topological polar surface area (TPSA) is 59.9 Å². The van der Waals surface area contributed by atoms with Crippen LogP contribution in [-0.2, 0) is 0 Å². The second kappa shape index (κ2) is 11.3. The molecule has 0 spiro atoms. The highest BCUT2D eigenvalue weighted by Gasteiger charge is 2.25. The summed E-state index contributed by atoms with van der Waals surface area (Å²) in [7, 11) is 0. The van der Waals surface area contributed by atoms with Crippen LogP contribution in [0.4, 0.5) is 0 Å². The summed E-state index contributed by atoms with van der Waals surface area (Å²) in [6, 6.07) is 0.489. The molecule has 1 saturated heterocycles. The minimum atomic E-state index is -0.160. The fourth-order valence-electron chi connectivity index (χ4n) is 3.57. The molecule has 0 aromatic rings. The molecule has 2 atom stereocenters. The van der Waals surface area contributed by atoms with Gasteiger partial charge in [0.05, 0.1) is 6.10 Å². The van der Waals surface area contributed by atoms with Crippen molar-refractivity contribution in [2.45, 2.75) is 58.1 Å². The average molecular weight is 450 g/mol. The minimum absolute atomic E-state index is 0. The average Bonchev–Trinajstić information content (AvgIpc) is 2.92. The van der Waals surface area contributed by atoms with Gasteiger partial charge in [0.15, 0.2) is 5.96 Å². The number of aliphatic hydroxyl groups is 1. The van der Waals surface area contributed by atoms with Gasteiger partial charge in [0.1, 0.15) is 0 Å². The Hall–Kier alpha value is -0.340. The number of aliphatic hydroxyl groups excluding tert-OH is 1. The summed E-state index contributed by atoms with van der Waals surface area (Å²) in [5, 5.41) is 16.9. The zero-order chi connectivity index (χ0) is 16.7. The van der Waals surface area contributed by atoms with Crippen molar-refractivity contribution in [3.63, 3.8) is 0 Å². The maximum absolute atomic E-state index is 9.93. The van der Waals surface area contributed by atoms with Crippen LogP contribution < -0.4 is 10.6 Å². The van der Waals surface area contributed by atoms with E-state index in [9.17, 15) is 5.11 Å². The maximum Gasteiger partial charge on any atom is 0.191 e. The fourth-order valence-corrected chi connectivity index (χ4v) is 3.57. The van der Waals surface area contributed by atoms with Gasteiger partial charge < -0.3 is 15.7 Å². The van der Waals surface area contributed by atoms with Crippen molar-refractivity contribution >= 4 is 29.9 Å². The molecule has 0 amide bonds. The van der Waals surface area contributed by atoms with Crippen molar-refractivity contribution in [1.82, 2.24) is 15.5 Å². The summed E-state index contributed by atoms with van der Waals surface area (Å²) in [5.41, 5.74) is 1.24. The minimum Gasteiger partial charge on any atom is -0.393 e. The first kappa shape index (κ1) is 21.7. The Morgan fingerprint density at radius 1 is 1.25 bits per heavy atom. The summed E-state index contributed by atoms with van der Waals surface area (Å²) in [6.45, 7) is 13.0. The number of nitrogens with one attached hydrogen (secondary N) is 2. The lowest BCUT2D eigenvalue weighted by Crippen LogP contribution is -2.49. The Labute approximate surface area is 164 Å². The van der Waals surface area contributed by atoms with Crippen LogP contribution in [-0.4, -0.2) is 60.8 Å².